The largest absolute Gasteiger partial charge is 0.507 e. The summed E-state index contributed by atoms with van der Waals surface area (Å²) in [5.74, 6) is -1.37. The molecule has 0 saturated carbocycles. The molecule has 1 heterocycles. The number of aromatic hydroxyl groups is 1. The highest BCUT2D eigenvalue weighted by atomic mass is 32.1. The lowest BCUT2D eigenvalue weighted by Gasteiger charge is -2.06. The Hall–Kier alpha value is -2.66. The normalized spacial score (nSPS) is 10.6. The van der Waals surface area contributed by atoms with E-state index in [0.717, 1.165) is 26.6 Å². The minimum Gasteiger partial charge on any atom is -0.507 e. The summed E-state index contributed by atoms with van der Waals surface area (Å²) in [4.78, 5) is 16.3. The fourth-order valence-electron chi connectivity index (χ4n) is 2.24. The van der Waals surface area contributed by atoms with Crippen LogP contribution < -0.4 is 0 Å². The average Bonchev–Trinajstić information content (AvgIpc) is 2.93. The van der Waals surface area contributed by atoms with Gasteiger partial charge >= 0.3 is 5.97 Å². The fourth-order valence-corrected chi connectivity index (χ4v) is 3.01. The second-order valence-corrected chi connectivity index (χ2v) is 6.10. The molecule has 1 aromatic heterocycles. The number of rotatable bonds is 3. The number of aromatic carboxylic acids is 1. The van der Waals surface area contributed by atoms with Crippen LogP contribution in [0.4, 0.5) is 0 Å². The number of aromatic nitrogens is 1. The van der Waals surface area contributed by atoms with Crippen LogP contribution in [0.2, 0.25) is 0 Å². The third-order valence-electron chi connectivity index (χ3n) is 3.33. The van der Waals surface area contributed by atoms with Gasteiger partial charge in [-0.15, -0.1) is 11.3 Å². The van der Waals surface area contributed by atoms with E-state index in [1.807, 2.05) is 37.4 Å². The predicted octanol–water partition coefficient (Wildman–Crippen LogP) is 4.19. The summed E-state index contributed by atoms with van der Waals surface area (Å²) in [5, 5.41) is 19.8. The van der Waals surface area contributed by atoms with Crippen molar-refractivity contribution in [3.05, 3.63) is 59.2 Å². The Balaban J connectivity index is 2.02. The van der Waals surface area contributed by atoms with Crippen molar-refractivity contribution in [2.45, 2.75) is 6.92 Å². The highest BCUT2D eigenvalue weighted by Crippen LogP contribution is 2.31. The molecular weight excluding hydrogens is 298 g/mol. The Bertz CT molecular complexity index is 855. The predicted molar refractivity (Wildman–Crippen MR) is 86.3 cm³/mol. The smallest absolute Gasteiger partial charge is 0.339 e. The van der Waals surface area contributed by atoms with E-state index in [0.29, 0.717) is 0 Å². The number of carboxylic acid groups (broad SMARTS) is 1. The van der Waals surface area contributed by atoms with Crippen molar-refractivity contribution in [3.63, 3.8) is 0 Å². The molecule has 0 unspecified atom stereocenters. The highest BCUT2D eigenvalue weighted by Gasteiger charge is 2.11. The van der Waals surface area contributed by atoms with Gasteiger partial charge in [0.05, 0.1) is 9.88 Å². The summed E-state index contributed by atoms with van der Waals surface area (Å²) >= 11 is 1.62. The Morgan fingerprint density at radius 3 is 2.45 bits per heavy atom. The molecule has 0 spiro atoms. The molecular formula is C17H13NO3S. The summed E-state index contributed by atoms with van der Waals surface area (Å²) in [7, 11) is 0. The maximum atomic E-state index is 10.9. The van der Waals surface area contributed by atoms with Crippen molar-refractivity contribution in [3.8, 4) is 27.3 Å². The third kappa shape index (κ3) is 2.71. The lowest BCUT2D eigenvalue weighted by atomic mass is 10.0. The van der Waals surface area contributed by atoms with Crippen molar-refractivity contribution < 1.29 is 15.0 Å². The monoisotopic (exact) mass is 311 g/mol. The van der Waals surface area contributed by atoms with Crippen molar-refractivity contribution >= 4 is 17.3 Å². The molecule has 3 aromatic rings. The quantitative estimate of drug-likeness (QED) is 0.761. The number of phenols is 1. The number of benzene rings is 2. The van der Waals surface area contributed by atoms with Gasteiger partial charge in [0, 0.05) is 6.20 Å². The zero-order chi connectivity index (χ0) is 15.7. The molecule has 2 N–H and O–H groups in total. The second-order valence-electron chi connectivity index (χ2n) is 4.86. The van der Waals surface area contributed by atoms with Gasteiger partial charge in [0.25, 0.3) is 0 Å². The first-order chi connectivity index (χ1) is 10.5. The number of aryl methyl sites for hydroxylation is 1. The van der Waals surface area contributed by atoms with Crippen molar-refractivity contribution in [2.24, 2.45) is 0 Å². The second kappa shape index (κ2) is 5.61. The number of thiazole rings is 1. The van der Waals surface area contributed by atoms with Crippen molar-refractivity contribution in [1.82, 2.24) is 4.98 Å². The van der Waals surface area contributed by atoms with Gasteiger partial charge in [-0.2, -0.15) is 0 Å². The van der Waals surface area contributed by atoms with Gasteiger partial charge in [0.1, 0.15) is 11.3 Å². The zero-order valence-corrected chi connectivity index (χ0v) is 12.6. The van der Waals surface area contributed by atoms with E-state index in [2.05, 4.69) is 4.98 Å². The number of nitrogens with zero attached hydrogens (tertiary/aromatic N) is 1. The molecule has 0 aliphatic rings. The molecule has 110 valence electrons. The minimum absolute atomic E-state index is 0.0991. The van der Waals surface area contributed by atoms with Crippen LogP contribution in [0.1, 0.15) is 15.4 Å². The summed E-state index contributed by atoms with van der Waals surface area (Å²) in [6.07, 6.45) is 1.84. The number of hydrogen-bond donors (Lipinski definition) is 2. The SMILES string of the molecule is Cc1ncc(-c2cccc(-c3ccc(C(=O)O)c(O)c3)c2)s1. The first-order valence-corrected chi connectivity index (χ1v) is 7.46. The van der Waals surface area contributed by atoms with Crippen LogP contribution in [-0.4, -0.2) is 21.2 Å². The first kappa shape index (κ1) is 14.3. The molecule has 4 nitrogen and oxygen atoms in total. The van der Waals surface area contributed by atoms with Crippen LogP contribution in [0, 0.1) is 6.92 Å². The van der Waals surface area contributed by atoms with Crippen LogP contribution in [0.3, 0.4) is 0 Å². The molecule has 22 heavy (non-hydrogen) atoms. The summed E-state index contributed by atoms with van der Waals surface area (Å²) in [6.45, 7) is 1.96. The number of carboxylic acids is 1. The van der Waals surface area contributed by atoms with Crippen LogP contribution >= 0.6 is 11.3 Å². The molecule has 5 heteroatoms. The fraction of sp³-hybridized carbons (Fsp3) is 0.0588. The van der Waals surface area contributed by atoms with E-state index in [1.165, 1.54) is 12.1 Å². The molecule has 0 bridgehead atoms. The van der Waals surface area contributed by atoms with Gasteiger partial charge in [0.2, 0.25) is 0 Å². The molecule has 0 aliphatic carbocycles. The van der Waals surface area contributed by atoms with E-state index in [4.69, 9.17) is 5.11 Å². The average molecular weight is 311 g/mol. The number of carbonyl (C=O) groups is 1. The molecule has 0 fully saturated rings. The summed E-state index contributed by atoms with van der Waals surface area (Å²) in [6, 6.07) is 12.4. The van der Waals surface area contributed by atoms with E-state index in [-0.39, 0.29) is 11.3 Å². The summed E-state index contributed by atoms with van der Waals surface area (Å²) in [5.41, 5.74) is 2.63. The molecule has 0 radical (unpaired) electrons. The standard InChI is InChI=1S/C17H13NO3S/c1-10-18-9-16(22-10)13-4-2-3-11(7-13)12-5-6-14(17(20)21)15(19)8-12/h2-9,19H,1H3,(H,20,21). The minimum atomic E-state index is -1.14. The third-order valence-corrected chi connectivity index (χ3v) is 4.29. The van der Waals surface area contributed by atoms with E-state index < -0.39 is 5.97 Å². The highest BCUT2D eigenvalue weighted by molar-refractivity contribution is 7.15. The van der Waals surface area contributed by atoms with Gasteiger partial charge in [-0.1, -0.05) is 24.3 Å². The molecule has 0 atom stereocenters. The van der Waals surface area contributed by atoms with Crippen LogP contribution in [0.25, 0.3) is 21.6 Å². The Kier molecular flexibility index (Phi) is 3.65. The Labute approximate surface area is 131 Å². The Morgan fingerprint density at radius 2 is 1.82 bits per heavy atom. The van der Waals surface area contributed by atoms with E-state index >= 15 is 0 Å². The number of hydrogen-bond acceptors (Lipinski definition) is 4. The molecule has 3 rings (SSSR count). The molecule has 0 aliphatic heterocycles. The molecule has 0 saturated heterocycles. The maximum absolute atomic E-state index is 10.9. The lowest BCUT2D eigenvalue weighted by Crippen LogP contribution is -1.96. The lowest BCUT2D eigenvalue weighted by molar-refractivity contribution is 0.0694. The topological polar surface area (TPSA) is 70.4 Å². The van der Waals surface area contributed by atoms with Crippen LogP contribution in [-0.2, 0) is 0 Å². The van der Waals surface area contributed by atoms with Crippen molar-refractivity contribution in [2.75, 3.05) is 0 Å². The van der Waals surface area contributed by atoms with Gasteiger partial charge < -0.3 is 10.2 Å². The van der Waals surface area contributed by atoms with Gasteiger partial charge in [-0.25, -0.2) is 9.78 Å². The molecule has 2 aromatic carbocycles. The maximum Gasteiger partial charge on any atom is 0.339 e. The first-order valence-electron chi connectivity index (χ1n) is 6.64. The van der Waals surface area contributed by atoms with E-state index in [1.54, 1.807) is 17.4 Å². The summed E-state index contributed by atoms with van der Waals surface area (Å²) < 4.78 is 0. The van der Waals surface area contributed by atoms with Gasteiger partial charge in [-0.3, -0.25) is 0 Å². The van der Waals surface area contributed by atoms with E-state index in [9.17, 15) is 9.90 Å². The zero-order valence-electron chi connectivity index (χ0n) is 11.8. The van der Waals surface area contributed by atoms with Crippen molar-refractivity contribution in [1.29, 1.82) is 0 Å². The van der Waals surface area contributed by atoms with Crippen LogP contribution in [0.5, 0.6) is 5.75 Å². The van der Waals surface area contributed by atoms with Gasteiger partial charge in [-0.05, 0) is 41.8 Å². The van der Waals surface area contributed by atoms with Crippen LogP contribution in [0.15, 0.2) is 48.7 Å². The Morgan fingerprint density at radius 1 is 1.09 bits per heavy atom. The van der Waals surface area contributed by atoms with Gasteiger partial charge in [0.15, 0.2) is 0 Å². The molecule has 0 amide bonds.